The van der Waals surface area contributed by atoms with E-state index in [4.69, 9.17) is 0 Å². The molecule has 24 heavy (non-hydrogen) atoms. The van der Waals surface area contributed by atoms with Crippen LogP contribution in [0.25, 0.3) is 0 Å². The number of aryl methyl sites for hydroxylation is 2. The Kier molecular flexibility index (Phi) is 4.10. The number of fused-ring (bicyclic) bond motifs is 1. The molecule has 2 aromatic rings. The lowest BCUT2D eigenvalue weighted by molar-refractivity contribution is 0.0952. The normalized spacial score (nSPS) is 16.3. The molecule has 1 saturated carbocycles. The molecule has 0 unspecified atom stereocenters. The van der Waals surface area contributed by atoms with E-state index < -0.39 is 0 Å². The van der Waals surface area contributed by atoms with Crippen LogP contribution < -0.4 is 10.6 Å². The highest BCUT2D eigenvalue weighted by molar-refractivity contribution is 7.14. The van der Waals surface area contributed by atoms with Crippen molar-refractivity contribution in [3.8, 4) is 0 Å². The van der Waals surface area contributed by atoms with Crippen molar-refractivity contribution in [3.63, 3.8) is 0 Å². The highest BCUT2D eigenvalue weighted by Crippen LogP contribution is 2.30. The lowest BCUT2D eigenvalue weighted by Gasteiger charge is -2.10. The molecule has 2 aliphatic carbocycles. The first-order valence-electron chi connectivity index (χ1n) is 8.53. The summed E-state index contributed by atoms with van der Waals surface area (Å²) in [7, 11) is 0. The first-order valence-corrected chi connectivity index (χ1v) is 9.35. The number of benzene rings is 1. The zero-order valence-electron chi connectivity index (χ0n) is 13.4. The standard InChI is InChI=1S/C19H20N2O2S/c22-18(20-13-9-10-13)14-6-2-3-7-15(14)21-19(23)17-11-12-5-1-4-8-16(12)24-17/h2-3,6-7,11,13H,1,4-5,8-10H2,(H,20,22)(H,21,23). The predicted molar refractivity (Wildman–Crippen MR) is 95.8 cm³/mol. The molecule has 1 fully saturated rings. The van der Waals surface area contributed by atoms with Gasteiger partial charge in [-0.05, 0) is 62.3 Å². The van der Waals surface area contributed by atoms with Gasteiger partial charge in [0.25, 0.3) is 11.8 Å². The average molecular weight is 340 g/mol. The summed E-state index contributed by atoms with van der Waals surface area (Å²) < 4.78 is 0. The molecule has 0 atom stereocenters. The summed E-state index contributed by atoms with van der Waals surface area (Å²) >= 11 is 1.58. The molecule has 0 aliphatic heterocycles. The molecule has 0 bridgehead atoms. The lowest BCUT2D eigenvalue weighted by atomic mass is 9.99. The van der Waals surface area contributed by atoms with Crippen LogP contribution in [0, 0.1) is 0 Å². The van der Waals surface area contributed by atoms with Crippen LogP contribution in [0.3, 0.4) is 0 Å². The Balaban J connectivity index is 1.53. The Labute approximate surface area is 145 Å². The Morgan fingerprint density at radius 3 is 2.62 bits per heavy atom. The molecular formula is C19H20N2O2S. The van der Waals surface area contributed by atoms with Gasteiger partial charge in [0.2, 0.25) is 0 Å². The Morgan fingerprint density at radius 2 is 1.83 bits per heavy atom. The summed E-state index contributed by atoms with van der Waals surface area (Å²) in [4.78, 5) is 27.0. The van der Waals surface area contributed by atoms with E-state index in [0.717, 1.165) is 30.6 Å². The quantitative estimate of drug-likeness (QED) is 0.890. The summed E-state index contributed by atoms with van der Waals surface area (Å²) in [6.45, 7) is 0. The predicted octanol–water partition coefficient (Wildman–Crippen LogP) is 3.77. The van der Waals surface area contributed by atoms with Gasteiger partial charge in [-0.1, -0.05) is 12.1 Å². The number of hydrogen-bond acceptors (Lipinski definition) is 3. The molecular weight excluding hydrogens is 320 g/mol. The van der Waals surface area contributed by atoms with Crippen LogP contribution in [0.15, 0.2) is 30.3 Å². The third-order valence-corrected chi connectivity index (χ3v) is 5.79. The van der Waals surface area contributed by atoms with Crippen LogP contribution in [0.1, 0.15) is 56.2 Å². The fraction of sp³-hybridized carbons (Fsp3) is 0.368. The minimum atomic E-state index is -0.124. The van der Waals surface area contributed by atoms with Crippen molar-refractivity contribution in [2.75, 3.05) is 5.32 Å². The van der Waals surface area contributed by atoms with Crippen LogP contribution in [0.2, 0.25) is 0 Å². The summed E-state index contributed by atoms with van der Waals surface area (Å²) in [6, 6.07) is 9.51. The Morgan fingerprint density at radius 1 is 1.04 bits per heavy atom. The number of carbonyl (C=O) groups excluding carboxylic acids is 2. The van der Waals surface area contributed by atoms with E-state index in [0.29, 0.717) is 17.3 Å². The topological polar surface area (TPSA) is 58.2 Å². The van der Waals surface area contributed by atoms with Gasteiger partial charge in [-0.25, -0.2) is 0 Å². The monoisotopic (exact) mass is 340 g/mol. The molecule has 1 heterocycles. The van der Waals surface area contributed by atoms with Gasteiger partial charge in [0.1, 0.15) is 0 Å². The zero-order chi connectivity index (χ0) is 16.5. The number of nitrogens with one attached hydrogen (secondary N) is 2. The van der Waals surface area contributed by atoms with Gasteiger partial charge in [-0.2, -0.15) is 0 Å². The van der Waals surface area contributed by atoms with E-state index >= 15 is 0 Å². The van der Waals surface area contributed by atoms with E-state index in [2.05, 4.69) is 10.6 Å². The summed E-state index contributed by atoms with van der Waals surface area (Å²) in [5, 5.41) is 5.90. The maximum Gasteiger partial charge on any atom is 0.265 e. The number of amides is 2. The third kappa shape index (κ3) is 3.22. The van der Waals surface area contributed by atoms with Crippen molar-refractivity contribution in [1.29, 1.82) is 0 Å². The Hall–Kier alpha value is -2.14. The van der Waals surface area contributed by atoms with Crippen molar-refractivity contribution in [2.45, 2.75) is 44.6 Å². The number of para-hydroxylation sites is 1. The number of hydrogen-bond donors (Lipinski definition) is 2. The zero-order valence-corrected chi connectivity index (χ0v) is 14.2. The van der Waals surface area contributed by atoms with Gasteiger partial charge < -0.3 is 10.6 Å². The molecule has 2 aliphatic rings. The smallest absolute Gasteiger partial charge is 0.265 e. The number of rotatable bonds is 4. The van der Waals surface area contributed by atoms with Gasteiger partial charge in [0.15, 0.2) is 0 Å². The number of thiophene rings is 1. The van der Waals surface area contributed by atoms with Crippen LogP contribution in [-0.2, 0) is 12.8 Å². The van der Waals surface area contributed by atoms with Crippen molar-refractivity contribution >= 4 is 28.8 Å². The molecule has 5 heteroatoms. The Bertz CT molecular complexity index is 769. The van der Waals surface area contributed by atoms with E-state index in [1.165, 1.54) is 23.3 Å². The largest absolute Gasteiger partial charge is 0.349 e. The first-order chi connectivity index (χ1) is 11.7. The maximum absolute atomic E-state index is 12.6. The molecule has 0 saturated heterocycles. The van der Waals surface area contributed by atoms with Crippen molar-refractivity contribution < 1.29 is 9.59 Å². The lowest BCUT2D eigenvalue weighted by Crippen LogP contribution is -2.26. The van der Waals surface area contributed by atoms with Gasteiger partial charge in [0, 0.05) is 10.9 Å². The van der Waals surface area contributed by atoms with Gasteiger partial charge >= 0.3 is 0 Å². The second-order valence-corrected chi connectivity index (χ2v) is 7.65. The molecule has 124 valence electrons. The van der Waals surface area contributed by atoms with Crippen LogP contribution >= 0.6 is 11.3 Å². The number of carbonyl (C=O) groups is 2. The van der Waals surface area contributed by atoms with E-state index in [1.807, 2.05) is 18.2 Å². The van der Waals surface area contributed by atoms with E-state index in [1.54, 1.807) is 23.5 Å². The van der Waals surface area contributed by atoms with Crippen LogP contribution in [0.5, 0.6) is 0 Å². The average Bonchev–Trinajstić information content (AvgIpc) is 3.29. The molecule has 2 amide bonds. The summed E-state index contributed by atoms with van der Waals surface area (Å²) in [6.07, 6.45) is 6.64. The summed E-state index contributed by atoms with van der Waals surface area (Å²) in [5.74, 6) is -0.236. The molecule has 2 N–H and O–H groups in total. The molecule has 0 spiro atoms. The van der Waals surface area contributed by atoms with Gasteiger partial charge in [-0.15, -0.1) is 11.3 Å². The second-order valence-electron chi connectivity index (χ2n) is 6.51. The molecule has 1 aromatic carbocycles. The van der Waals surface area contributed by atoms with Crippen LogP contribution in [-0.4, -0.2) is 17.9 Å². The fourth-order valence-electron chi connectivity index (χ4n) is 3.07. The molecule has 4 nitrogen and oxygen atoms in total. The molecule has 0 radical (unpaired) electrons. The highest BCUT2D eigenvalue weighted by atomic mass is 32.1. The van der Waals surface area contributed by atoms with E-state index in [9.17, 15) is 9.59 Å². The van der Waals surface area contributed by atoms with Gasteiger partial charge in [0.05, 0.1) is 16.1 Å². The maximum atomic E-state index is 12.6. The van der Waals surface area contributed by atoms with E-state index in [-0.39, 0.29) is 11.8 Å². The first kappa shape index (κ1) is 15.4. The second kappa shape index (κ2) is 6.40. The highest BCUT2D eigenvalue weighted by Gasteiger charge is 2.25. The van der Waals surface area contributed by atoms with Crippen molar-refractivity contribution in [3.05, 3.63) is 51.2 Å². The SMILES string of the molecule is O=C(Nc1ccccc1C(=O)NC1CC1)c1cc2c(s1)CCCC2. The minimum Gasteiger partial charge on any atom is -0.349 e. The van der Waals surface area contributed by atoms with Crippen LogP contribution in [0.4, 0.5) is 5.69 Å². The van der Waals surface area contributed by atoms with Crippen molar-refractivity contribution in [1.82, 2.24) is 5.32 Å². The molecule has 4 rings (SSSR count). The minimum absolute atomic E-state index is 0.112. The van der Waals surface area contributed by atoms with Gasteiger partial charge in [-0.3, -0.25) is 9.59 Å². The van der Waals surface area contributed by atoms with Crippen molar-refractivity contribution in [2.24, 2.45) is 0 Å². The third-order valence-electron chi connectivity index (χ3n) is 4.55. The molecule has 1 aromatic heterocycles. The number of anilines is 1. The fourth-order valence-corrected chi connectivity index (χ4v) is 4.22. The summed E-state index contributed by atoms with van der Waals surface area (Å²) in [5.41, 5.74) is 2.42.